The summed E-state index contributed by atoms with van der Waals surface area (Å²) in [6, 6.07) is 6.76. The van der Waals surface area contributed by atoms with Gasteiger partial charge in [-0.15, -0.1) is 0 Å². The molecule has 2 rings (SSSR count). The predicted octanol–water partition coefficient (Wildman–Crippen LogP) is 4.05. The first kappa shape index (κ1) is 21.1. The Kier molecular flexibility index (Phi) is 6.07. The second kappa shape index (κ2) is 7.78. The molecule has 0 aromatic heterocycles. The Labute approximate surface area is 156 Å². The van der Waals surface area contributed by atoms with Gasteiger partial charge in [-0.1, -0.05) is 30.3 Å². The van der Waals surface area contributed by atoms with Crippen LogP contribution in [0.15, 0.2) is 30.3 Å². The maximum absolute atomic E-state index is 13.4. The maximum Gasteiger partial charge on any atom is 0.410 e. The number of carbonyl (C=O) groups excluding carboxylic acids is 2. The summed E-state index contributed by atoms with van der Waals surface area (Å²) in [5.74, 6) is -2.76. The Morgan fingerprint density at radius 1 is 1.19 bits per heavy atom. The Balaban J connectivity index is 2.22. The molecule has 0 saturated carbocycles. The molecule has 0 aliphatic carbocycles. The van der Waals surface area contributed by atoms with Crippen LogP contribution in [0.2, 0.25) is 0 Å². The fourth-order valence-electron chi connectivity index (χ4n) is 3.11. The third-order valence-electron chi connectivity index (χ3n) is 4.37. The van der Waals surface area contributed by atoms with Gasteiger partial charge >= 0.3 is 12.3 Å². The standard InChI is InChI=1S/C19H25F3N2O3/c1-12(13-8-6-5-7-9-13)23-16(25)15-14(19(20,21)22)10-11-24(15)17(26)27-18(2,3)4/h5-9,12,14-15H,10-11H2,1-4H3,(H,23,25)/t12-,14+,15+/m0/s1. The van der Waals surface area contributed by atoms with Gasteiger partial charge in [-0.2, -0.15) is 13.2 Å². The van der Waals surface area contributed by atoms with Crippen LogP contribution in [0.25, 0.3) is 0 Å². The molecule has 1 aliphatic heterocycles. The fourth-order valence-corrected chi connectivity index (χ4v) is 3.11. The number of rotatable bonds is 3. The van der Waals surface area contributed by atoms with E-state index in [1.165, 1.54) is 0 Å². The number of likely N-dealkylation sites (tertiary alicyclic amines) is 1. The Hall–Kier alpha value is -2.25. The third-order valence-corrected chi connectivity index (χ3v) is 4.37. The molecule has 0 radical (unpaired) electrons. The van der Waals surface area contributed by atoms with Crippen LogP contribution in [0.1, 0.15) is 45.7 Å². The van der Waals surface area contributed by atoms with Crippen molar-refractivity contribution in [1.29, 1.82) is 0 Å². The molecule has 27 heavy (non-hydrogen) atoms. The van der Waals surface area contributed by atoms with Crippen LogP contribution in [-0.2, 0) is 9.53 Å². The van der Waals surface area contributed by atoms with Crippen molar-refractivity contribution < 1.29 is 27.5 Å². The number of halogens is 3. The zero-order valence-electron chi connectivity index (χ0n) is 15.8. The quantitative estimate of drug-likeness (QED) is 0.853. The summed E-state index contributed by atoms with van der Waals surface area (Å²) in [5, 5.41) is 2.60. The van der Waals surface area contributed by atoms with E-state index < -0.39 is 41.8 Å². The van der Waals surface area contributed by atoms with Crippen LogP contribution in [0, 0.1) is 5.92 Å². The average molecular weight is 386 g/mol. The second-order valence-electron chi connectivity index (χ2n) is 7.70. The highest BCUT2D eigenvalue weighted by atomic mass is 19.4. The molecule has 3 atom stereocenters. The average Bonchev–Trinajstić information content (AvgIpc) is 2.99. The number of alkyl halides is 3. The van der Waals surface area contributed by atoms with Gasteiger partial charge in [-0.3, -0.25) is 9.69 Å². The maximum atomic E-state index is 13.4. The lowest BCUT2D eigenvalue weighted by atomic mass is 9.98. The van der Waals surface area contributed by atoms with Gasteiger partial charge in [-0.05, 0) is 39.7 Å². The van der Waals surface area contributed by atoms with Crippen molar-refractivity contribution in [2.45, 2.75) is 58.0 Å². The Morgan fingerprint density at radius 2 is 1.78 bits per heavy atom. The molecule has 1 aliphatic rings. The van der Waals surface area contributed by atoms with Crippen molar-refractivity contribution in [3.63, 3.8) is 0 Å². The molecular formula is C19H25F3N2O3. The number of ether oxygens (including phenoxy) is 1. The van der Waals surface area contributed by atoms with Gasteiger partial charge < -0.3 is 10.1 Å². The van der Waals surface area contributed by atoms with Gasteiger partial charge in [0.2, 0.25) is 5.91 Å². The minimum Gasteiger partial charge on any atom is -0.444 e. The van der Waals surface area contributed by atoms with Crippen LogP contribution in [0.5, 0.6) is 0 Å². The Morgan fingerprint density at radius 3 is 2.30 bits per heavy atom. The molecule has 1 aromatic carbocycles. The molecule has 8 heteroatoms. The highest BCUT2D eigenvalue weighted by Gasteiger charge is 2.55. The van der Waals surface area contributed by atoms with Crippen LogP contribution < -0.4 is 5.32 Å². The van der Waals surface area contributed by atoms with Crippen LogP contribution >= 0.6 is 0 Å². The normalized spacial score (nSPS) is 21.7. The van der Waals surface area contributed by atoms with E-state index in [0.717, 1.165) is 10.5 Å². The summed E-state index contributed by atoms with van der Waals surface area (Å²) in [5.41, 5.74) is -0.109. The number of hydrogen-bond donors (Lipinski definition) is 1. The summed E-state index contributed by atoms with van der Waals surface area (Å²) in [6.45, 7) is 6.36. The number of carbonyl (C=O) groups is 2. The van der Waals surface area contributed by atoms with Crippen molar-refractivity contribution in [3.8, 4) is 0 Å². The van der Waals surface area contributed by atoms with Gasteiger partial charge in [0.25, 0.3) is 0 Å². The minimum atomic E-state index is -4.59. The lowest BCUT2D eigenvalue weighted by Gasteiger charge is -2.31. The van der Waals surface area contributed by atoms with Crippen molar-refractivity contribution >= 4 is 12.0 Å². The molecule has 0 unspecified atom stereocenters. The fraction of sp³-hybridized carbons (Fsp3) is 0.579. The molecule has 1 heterocycles. The molecule has 150 valence electrons. The van der Waals surface area contributed by atoms with E-state index >= 15 is 0 Å². The summed E-state index contributed by atoms with van der Waals surface area (Å²) >= 11 is 0. The smallest absolute Gasteiger partial charge is 0.410 e. The molecule has 1 fully saturated rings. The minimum absolute atomic E-state index is 0.184. The zero-order chi connectivity index (χ0) is 20.4. The van der Waals surface area contributed by atoms with E-state index in [2.05, 4.69) is 5.32 Å². The molecule has 2 amide bonds. The zero-order valence-corrected chi connectivity index (χ0v) is 15.8. The van der Waals surface area contributed by atoms with Gasteiger partial charge in [0, 0.05) is 6.54 Å². The van der Waals surface area contributed by atoms with Crippen molar-refractivity contribution in [2.75, 3.05) is 6.54 Å². The highest BCUT2D eigenvalue weighted by molar-refractivity contribution is 5.87. The summed E-state index contributed by atoms with van der Waals surface area (Å²) in [4.78, 5) is 26.0. The van der Waals surface area contributed by atoms with Crippen molar-refractivity contribution in [3.05, 3.63) is 35.9 Å². The van der Waals surface area contributed by atoms with E-state index in [0.29, 0.717) is 0 Å². The first-order chi connectivity index (χ1) is 12.4. The molecule has 1 N–H and O–H groups in total. The predicted molar refractivity (Wildman–Crippen MR) is 93.9 cm³/mol. The lowest BCUT2D eigenvalue weighted by Crippen LogP contribution is -2.52. The number of benzene rings is 1. The van der Waals surface area contributed by atoms with Crippen LogP contribution in [-0.4, -0.2) is 41.3 Å². The van der Waals surface area contributed by atoms with Gasteiger partial charge in [-0.25, -0.2) is 4.79 Å². The number of hydrogen-bond acceptors (Lipinski definition) is 3. The molecule has 0 spiro atoms. The van der Waals surface area contributed by atoms with E-state index in [1.807, 2.05) is 0 Å². The molecule has 5 nitrogen and oxygen atoms in total. The summed E-state index contributed by atoms with van der Waals surface area (Å²) < 4.78 is 45.5. The summed E-state index contributed by atoms with van der Waals surface area (Å²) in [6.07, 6.45) is -5.84. The van der Waals surface area contributed by atoms with Gasteiger partial charge in [0.15, 0.2) is 0 Å². The summed E-state index contributed by atoms with van der Waals surface area (Å²) in [7, 11) is 0. The van der Waals surface area contributed by atoms with E-state index in [4.69, 9.17) is 4.74 Å². The molecular weight excluding hydrogens is 361 g/mol. The van der Waals surface area contributed by atoms with Gasteiger partial charge in [0.1, 0.15) is 11.6 Å². The highest BCUT2D eigenvalue weighted by Crippen LogP contribution is 2.39. The van der Waals surface area contributed by atoms with Crippen LogP contribution in [0.3, 0.4) is 0 Å². The first-order valence-electron chi connectivity index (χ1n) is 8.82. The number of nitrogens with one attached hydrogen (secondary N) is 1. The second-order valence-corrected chi connectivity index (χ2v) is 7.70. The van der Waals surface area contributed by atoms with E-state index in [9.17, 15) is 22.8 Å². The lowest BCUT2D eigenvalue weighted by molar-refractivity contribution is -0.183. The van der Waals surface area contributed by atoms with Crippen molar-refractivity contribution in [2.24, 2.45) is 5.92 Å². The van der Waals surface area contributed by atoms with E-state index in [-0.39, 0.29) is 13.0 Å². The SMILES string of the molecule is C[C@H](NC(=O)[C@H]1[C@H](C(F)(F)F)CCN1C(=O)OC(C)(C)C)c1ccccc1. The van der Waals surface area contributed by atoms with Gasteiger partial charge in [0.05, 0.1) is 12.0 Å². The molecule has 1 aromatic rings. The third kappa shape index (κ3) is 5.37. The van der Waals surface area contributed by atoms with E-state index in [1.54, 1.807) is 58.0 Å². The van der Waals surface area contributed by atoms with Crippen LogP contribution in [0.4, 0.5) is 18.0 Å². The topological polar surface area (TPSA) is 58.6 Å². The monoisotopic (exact) mass is 386 g/mol. The molecule has 0 bridgehead atoms. The number of amides is 2. The van der Waals surface area contributed by atoms with Crippen molar-refractivity contribution in [1.82, 2.24) is 10.2 Å². The largest absolute Gasteiger partial charge is 0.444 e. The Bertz CT molecular complexity index is 671. The first-order valence-corrected chi connectivity index (χ1v) is 8.82. The molecule has 1 saturated heterocycles. The number of nitrogens with zero attached hydrogens (tertiary/aromatic N) is 1.